The molecule has 2 N–H and O–H groups in total. The maximum Gasteiger partial charge on any atom is 0.187 e. The van der Waals surface area contributed by atoms with E-state index in [-0.39, 0.29) is 6.04 Å². The second-order valence-electron chi connectivity index (χ2n) is 4.29. The zero-order valence-electron chi connectivity index (χ0n) is 10.4. The molecule has 1 atom stereocenters. The third kappa shape index (κ3) is 3.26. The van der Waals surface area contributed by atoms with Crippen LogP contribution in [0.25, 0.3) is 0 Å². The smallest absolute Gasteiger partial charge is 0.187 e. The van der Waals surface area contributed by atoms with Crippen molar-refractivity contribution in [2.45, 2.75) is 19.5 Å². The summed E-state index contributed by atoms with van der Waals surface area (Å²) in [5, 5.41) is 12.2. The Hall–Kier alpha value is -2.01. The van der Waals surface area contributed by atoms with Gasteiger partial charge in [0.05, 0.1) is 0 Å². The van der Waals surface area contributed by atoms with Gasteiger partial charge in [-0.15, -0.1) is 0 Å². The topological polar surface area (TPSA) is 45.1 Å². The van der Waals surface area contributed by atoms with Gasteiger partial charge in [0.2, 0.25) is 0 Å². The number of phenolic OH excluding ortho intramolecular Hbond substituents is 1. The molecule has 2 rings (SSSR count). The maximum atomic E-state index is 13.2. The van der Waals surface area contributed by atoms with Gasteiger partial charge in [0.25, 0.3) is 0 Å². The first-order chi connectivity index (χ1) is 9.08. The van der Waals surface area contributed by atoms with E-state index in [1.165, 1.54) is 0 Å². The van der Waals surface area contributed by atoms with Gasteiger partial charge in [-0.2, -0.15) is 0 Å². The van der Waals surface area contributed by atoms with Crippen molar-refractivity contribution >= 4 is 0 Å². The zero-order chi connectivity index (χ0) is 13.8. The molecular weight excluding hydrogens is 250 g/mol. The van der Waals surface area contributed by atoms with E-state index in [1.54, 1.807) is 12.4 Å². The zero-order valence-corrected chi connectivity index (χ0v) is 10.4. The van der Waals surface area contributed by atoms with E-state index in [0.717, 1.165) is 17.7 Å². The van der Waals surface area contributed by atoms with Crippen molar-refractivity contribution < 1.29 is 13.9 Å². The molecule has 0 saturated heterocycles. The number of pyridine rings is 1. The molecule has 1 aromatic carbocycles. The minimum atomic E-state index is -0.951. The van der Waals surface area contributed by atoms with Gasteiger partial charge in [-0.1, -0.05) is 0 Å². The fourth-order valence-corrected chi connectivity index (χ4v) is 1.76. The predicted octanol–water partition coefficient (Wildman–Crippen LogP) is 2.92. The number of hydrogen-bond donors (Lipinski definition) is 2. The van der Waals surface area contributed by atoms with E-state index in [0.29, 0.717) is 12.1 Å². The minimum Gasteiger partial charge on any atom is -0.503 e. The van der Waals surface area contributed by atoms with Crippen LogP contribution in [0.15, 0.2) is 36.7 Å². The fraction of sp³-hybridized carbons (Fsp3) is 0.214. The Labute approximate surface area is 109 Å². The first kappa shape index (κ1) is 13.4. The minimum absolute atomic E-state index is 0.0305. The lowest BCUT2D eigenvalue weighted by molar-refractivity contribution is 0.394. The van der Waals surface area contributed by atoms with Crippen LogP contribution in [0.5, 0.6) is 5.75 Å². The van der Waals surface area contributed by atoms with Crippen molar-refractivity contribution in [2.75, 3.05) is 0 Å². The summed E-state index contributed by atoms with van der Waals surface area (Å²) in [4.78, 5) is 3.92. The van der Waals surface area contributed by atoms with Crippen molar-refractivity contribution in [3.63, 3.8) is 0 Å². The van der Waals surface area contributed by atoms with Gasteiger partial charge >= 0.3 is 0 Å². The van der Waals surface area contributed by atoms with E-state index in [4.69, 9.17) is 5.11 Å². The molecule has 5 heteroatoms. The highest BCUT2D eigenvalue weighted by molar-refractivity contribution is 5.30. The Morgan fingerprint density at radius 1 is 1.21 bits per heavy atom. The fourth-order valence-electron chi connectivity index (χ4n) is 1.76. The van der Waals surface area contributed by atoms with Crippen LogP contribution in [0.2, 0.25) is 0 Å². The lowest BCUT2D eigenvalue weighted by atomic mass is 10.1. The molecule has 0 bridgehead atoms. The van der Waals surface area contributed by atoms with Gasteiger partial charge in [-0.05, 0) is 42.3 Å². The van der Waals surface area contributed by atoms with Crippen molar-refractivity contribution in [1.82, 2.24) is 10.3 Å². The van der Waals surface area contributed by atoms with Crippen LogP contribution in [-0.4, -0.2) is 10.1 Å². The van der Waals surface area contributed by atoms with Gasteiger partial charge in [0.1, 0.15) is 0 Å². The van der Waals surface area contributed by atoms with Gasteiger partial charge < -0.3 is 10.4 Å². The van der Waals surface area contributed by atoms with Crippen molar-refractivity contribution in [3.05, 3.63) is 59.4 Å². The number of aromatic hydroxyl groups is 1. The van der Waals surface area contributed by atoms with Gasteiger partial charge in [0.15, 0.2) is 17.4 Å². The Morgan fingerprint density at radius 2 is 1.79 bits per heavy atom. The van der Waals surface area contributed by atoms with Crippen LogP contribution in [0.4, 0.5) is 8.78 Å². The largest absolute Gasteiger partial charge is 0.503 e. The van der Waals surface area contributed by atoms with Crippen molar-refractivity contribution in [2.24, 2.45) is 0 Å². The standard InChI is InChI=1S/C14H14F2N2O/c1-9(11-2-4-17-5-3-11)18-8-10-6-12(15)14(19)13(16)7-10/h2-7,9,18-19H,8H2,1H3/t9-/m0/s1. The number of nitrogens with one attached hydrogen (secondary N) is 1. The molecule has 0 aliphatic rings. The second-order valence-corrected chi connectivity index (χ2v) is 4.29. The molecule has 0 radical (unpaired) electrons. The molecule has 0 aliphatic carbocycles. The molecule has 0 amide bonds. The maximum absolute atomic E-state index is 13.2. The molecule has 0 spiro atoms. The summed E-state index contributed by atoms with van der Waals surface area (Å²) in [6, 6.07) is 6.00. The van der Waals surface area contributed by atoms with Gasteiger partial charge in [0, 0.05) is 25.0 Å². The Balaban J connectivity index is 2.03. The molecule has 1 heterocycles. The molecule has 0 fully saturated rings. The Bertz CT molecular complexity index is 538. The predicted molar refractivity (Wildman–Crippen MR) is 67.5 cm³/mol. The molecule has 1 aromatic heterocycles. The summed E-state index contributed by atoms with van der Waals surface area (Å²) in [5.74, 6) is -2.84. The molecule has 0 aliphatic heterocycles. The normalized spacial score (nSPS) is 12.4. The lowest BCUT2D eigenvalue weighted by Crippen LogP contribution is -2.18. The monoisotopic (exact) mass is 264 g/mol. The molecule has 100 valence electrons. The highest BCUT2D eigenvalue weighted by Gasteiger charge is 2.10. The van der Waals surface area contributed by atoms with Crippen LogP contribution >= 0.6 is 0 Å². The third-order valence-electron chi connectivity index (χ3n) is 2.90. The number of halogens is 2. The Morgan fingerprint density at radius 3 is 2.37 bits per heavy atom. The summed E-state index contributed by atoms with van der Waals surface area (Å²) in [5.41, 5.74) is 1.48. The van der Waals surface area contributed by atoms with Crippen LogP contribution in [0.1, 0.15) is 24.1 Å². The van der Waals surface area contributed by atoms with E-state index >= 15 is 0 Å². The Kier molecular flexibility index (Phi) is 4.06. The van der Waals surface area contributed by atoms with Crippen LogP contribution in [0.3, 0.4) is 0 Å². The number of phenols is 1. The average molecular weight is 264 g/mol. The first-order valence-electron chi connectivity index (χ1n) is 5.88. The molecule has 3 nitrogen and oxygen atoms in total. The average Bonchev–Trinajstić information content (AvgIpc) is 2.43. The highest BCUT2D eigenvalue weighted by atomic mass is 19.1. The number of rotatable bonds is 4. The second kappa shape index (κ2) is 5.75. The SMILES string of the molecule is C[C@H](NCc1cc(F)c(O)c(F)c1)c1ccncc1. The molecular formula is C14H14F2N2O. The van der Waals surface area contributed by atoms with Crippen LogP contribution < -0.4 is 5.32 Å². The highest BCUT2D eigenvalue weighted by Crippen LogP contribution is 2.21. The summed E-state index contributed by atoms with van der Waals surface area (Å²) < 4.78 is 26.3. The lowest BCUT2D eigenvalue weighted by Gasteiger charge is -2.14. The van der Waals surface area contributed by atoms with Crippen molar-refractivity contribution in [3.8, 4) is 5.75 Å². The van der Waals surface area contributed by atoms with Gasteiger partial charge in [-0.3, -0.25) is 4.98 Å². The van der Waals surface area contributed by atoms with Crippen molar-refractivity contribution in [1.29, 1.82) is 0 Å². The first-order valence-corrected chi connectivity index (χ1v) is 5.88. The number of nitrogens with zero attached hydrogens (tertiary/aromatic N) is 1. The number of aromatic nitrogens is 1. The summed E-state index contributed by atoms with van der Waals surface area (Å²) in [6.45, 7) is 2.25. The molecule has 0 saturated carbocycles. The number of hydrogen-bond acceptors (Lipinski definition) is 3. The third-order valence-corrected chi connectivity index (χ3v) is 2.90. The summed E-state index contributed by atoms with van der Waals surface area (Å²) >= 11 is 0. The van der Waals surface area contributed by atoms with E-state index < -0.39 is 17.4 Å². The van der Waals surface area contributed by atoms with E-state index in [9.17, 15) is 8.78 Å². The quantitative estimate of drug-likeness (QED) is 0.892. The summed E-state index contributed by atoms with van der Waals surface area (Å²) in [6.07, 6.45) is 3.38. The van der Waals surface area contributed by atoms with Crippen LogP contribution in [0, 0.1) is 11.6 Å². The number of benzene rings is 1. The van der Waals surface area contributed by atoms with E-state index in [2.05, 4.69) is 10.3 Å². The molecule has 0 unspecified atom stereocenters. The van der Waals surface area contributed by atoms with E-state index in [1.807, 2.05) is 19.1 Å². The van der Waals surface area contributed by atoms with Gasteiger partial charge in [-0.25, -0.2) is 8.78 Å². The molecule has 2 aromatic rings. The molecule has 19 heavy (non-hydrogen) atoms. The van der Waals surface area contributed by atoms with Crippen LogP contribution in [-0.2, 0) is 6.54 Å². The summed E-state index contributed by atoms with van der Waals surface area (Å²) in [7, 11) is 0.